The van der Waals surface area contributed by atoms with E-state index in [0.717, 1.165) is 0 Å². The molecular weight excluding hydrogens is 313 g/mol. The molecule has 0 spiro atoms. The zero-order chi connectivity index (χ0) is 17.3. The molecule has 0 aromatic heterocycles. The molecular formula is C15H20BN3O5. The number of fused-ring (bicyclic) bond motifs is 1. The van der Waals surface area contributed by atoms with Crippen molar-refractivity contribution in [3.05, 3.63) is 29.3 Å². The molecule has 6 N–H and O–H groups in total. The Morgan fingerprint density at radius 2 is 2.08 bits per heavy atom. The zero-order valence-electron chi connectivity index (χ0n) is 13.1. The number of rotatable bonds is 3. The van der Waals surface area contributed by atoms with E-state index in [4.69, 9.17) is 10.4 Å². The van der Waals surface area contributed by atoms with Crippen LogP contribution in [0.5, 0.6) is 5.75 Å². The molecule has 128 valence electrons. The molecule has 9 heteroatoms. The minimum atomic E-state index is -1.33. The van der Waals surface area contributed by atoms with Crippen molar-refractivity contribution in [2.75, 3.05) is 13.1 Å². The van der Waals surface area contributed by atoms with Crippen LogP contribution in [0.4, 0.5) is 0 Å². The van der Waals surface area contributed by atoms with Crippen molar-refractivity contribution >= 4 is 19.0 Å². The molecule has 2 aliphatic heterocycles. The maximum atomic E-state index is 12.5. The van der Waals surface area contributed by atoms with Gasteiger partial charge < -0.3 is 31.2 Å². The summed E-state index contributed by atoms with van der Waals surface area (Å²) in [5.41, 5.74) is 5.82. The molecule has 24 heavy (non-hydrogen) atoms. The topological polar surface area (TPSA) is 134 Å². The van der Waals surface area contributed by atoms with Gasteiger partial charge in [0, 0.05) is 0 Å². The van der Waals surface area contributed by atoms with Gasteiger partial charge in [0.05, 0.1) is 17.0 Å². The van der Waals surface area contributed by atoms with Crippen LogP contribution in [0.3, 0.4) is 0 Å². The van der Waals surface area contributed by atoms with Gasteiger partial charge in [-0.3, -0.25) is 4.79 Å². The lowest BCUT2D eigenvalue weighted by atomic mass is 9.71. The minimum Gasteiger partial charge on any atom is -0.534 e. The molecule has 0 unspecified atom stereocenters. The van der Waals surface area contributed by atoms with Gasteiger partial charge in [-0.25, -0.2) is 4.79 Å². The van der Waals surface area contributed by atoms with E-state index >= 15 is 0 Å². The maximum absolute atomic E-state index is 12.5. The zero-order valence-corrected chi connectivity index (χ0v) is 13.1. The van der Waals surface area contributed by atoms with Crippen LogP contribution in [-0.4, -0.2) is 53.7 Å². The number of piperidine rings is 1. The summed E-state index contributed by atoms with van der Waals surface area (Å²) in [7, 11) is -1.33. The number of aromatic carboxylic acids is 1. The Morgan fingerprint density at radius 1 is 1.38 bits per heavy atom. The van der Waals surface area contributed by atoms with E-state index < -0.39 is 24.6 Å². The largest absolute Gasteiger partial charge is 0.547 e. The van der Waals surface area contributed by atoms with Crippen LogP contribution in [0.15, 0.2) is 18.2 Å². The Labute approximate surface area is 139 Å². The van der Waals surface area contributed by atoms with Crippen LogP contribution >= 0.6 is 0 Å². The highest BCUT2D eigenvalue weighted by atomic mass is 16.5. The smallest absolute Gasteiger partial charge is 0.534 e. The number of carbonyl (C=O) groups excluding carboxylic acids is 1. The molecule has 1 aromatic carbocycles. The molecule has 2 aliphatic rings. The number of benzene rings is 1. The molecule has 1 aromatic rings. The lowest BCUT2D eigenvalue weighted by Crippen LogP contribution is -2.63. The van der Waals surface area contributed by atoms with Gasteiger partial charge >= 0.3 is 13.1 Å². The highest BCUT2D eigenvalue weighted by Gasteiger charge is 2.42. The van der Waals surface area contributed by atoms with Crippen LogP contribution in [0.2, 0.25) is 0 Å². The average molecular weight is 333 g/mol. The summed E-state index contributed by atoms with van der Waals surface area (Å²) in [4.78, 5) is 23.7. The van der Waals surface area contributed by atoms with Gasteiger partial charge in [0.1, 0.15) is 5.75 Å². The van der Waals surface area contributed by atoms with Gasteiger partial charge in [-0.05, 0) is 44.0 Å². The second-order valence-corrected chi connectivity index (χ2v) is 6.30. The standard InChI is InChI=1S/C15H20BN3O5/c17-15(4-6-18-7-5-15)14(22)19-11-8-9-2-1-3-10(13(20)21)12(9)24-16(11)23/h1-3,11,18,23H,4-8,17H2,(H,19,22)(H,20,21)/t11-/m0/s1. The van der Waals surface area contributed by atoms with E-state index in [9.17, 15) is 19.7 Å². The summed E-state index contributed by atoms with van der Waals surface area (Å²) < 4.78 is 5.36. The van der Waals surface area contributed by atoms with Crippen LogP contribution in [0, 0.1) is 0 Å². The van der Waals surface area contributed by atoms with Crippen LogP contribution in [0.1, 0.15) is 28.8 Å². The van der Waals surface area contributed by atoms with Gasteiger partial charge in [-0.1, -0.05) is 12.1 Å². The van der Waals surface area contributed by atoms with E-state index in [2.05, 4.69) is 10.6 Å². The second-order valence-electron chi connectivity index (χ2n) is 6.30. The number of hydrogen-bond acceptors (Lipinski definition) is 6. The molecule has 0 bridgehead atoms. The lowest BCUT2D eigenvalue weighted by molar-refractivity contribution is -0.127. The highest BCUT2D eigenvalue weighted by molar-refractivity contribution is 6.47. The third-order valence-electron chi connectivity index (χ3n) is 4.61. The maximum Gasteiger partial charge on any atom is 0.547 e. The van der Waals surface area contributed by atoms with Crippen molar-refractivity contribution < 1.29 is 24.4 Å². The molecule has 0 saturated carbocycles. The fourth-order valence-corrected chi connectivity index (χ4v) is 3.13. The van der Waals surface area contributed by atoms with E-state index in [1.165, 1.54) is 6.07 Å². The number of amides is 1. The fraction of sp³-hybridized carbons (Fsp3) is 0.467. The third kappa shape index (κ3) is 3.10. The first kappa shape index (κ1) is 16.8. The summed E-state index contributed by atoms with van der Waals surface area (Å²) >= 11 is 0. The van der Waals surface area contributed by atoms with E-state index in [-0.39, 0.29) is 23.6 Å². The first-order valence-electron chi connectivity index (χ1n) is 7.91. The number of carboxylic acid groups (broad SMARTS) is 1. The number of carboxylic acids is 1. The molecule has 0 radical (unpaired) electrons. The molecule has 1 fully saturated rings. The Morgan fingerprint density at radius 3 is 2.75 bits per heavy atom. The van der Waals surface area contributed by atoms with Gasteiger partial charge in [0.15, 0.2) is 0 Å². The summed E-state index contributed by atoms with van der Waals surface area (Å²) in [6.45, 7) is 1.33. The number of nitrogens with one attached hydrogen (secondary N) is 2. The summed E-state index contributed by atoms with van der Waals surface area (Å²) in [6.07, 6.45) is 1.31. The van der Waals surface area contributed by atoms with Crippen molar-refractivity contribution in [1.29, 1.82) is 0 Å². The first-order valence-corrected chi connectivity index (χ1v) is 7.91. The molecule has 1 saturated heterocycles. The molecule has 2 heterocycles. The second kappa shape index (κ2) is 6.42. The average Bonchev–Trinajstić information content (AvgIpc) is 2.55. The van der Waals surface area contributed by atoms with Crippen molar-refractivity contribution in [1.82, 2.24) is 10.6 Å². The molecule has 3 rings (SSSR count). The lowest BCUT2D eigenvalue weighted by Gasteiger charge is -2.35. The molecule has 1 amide bonds. The minimum absolute atomic E-state index is 0.00928. The van der Waals surface area contributed by atoms with Crippen molar-refractivity contribution in [3.8, 4) is 5.75 Å². The number of carbonyl (C=O) groups is 2. The van der Waals surface area contributed by atoms with Gasteiger partial charge in [-0.2, -0.15) is 0 Å². The Hall–Kier alpha value is -2.10. The monoisotopic (exact) mass is 333 g/mol. The predicted molar refractivity (Wildman–Crippen MR) is 86.7 cm³/mol. The molecule has 0 aliphatic carbocycles. The summed E-state index contributed by atoms with van der Waals surface area (Å²) in [5.74, 6) is -1.98. The summed E-state index contributed by atoms with van der Waals surface area (Å²) in [5, 5.41) is 25.3. The molecule has 1 atom stereocenters. The van der Waals surface area contributed by atoms with E-state index in [0.29, 0.717) is 31.5 Å². The number of para-hydroxylation sites is 1. The number of hydrogen-bond donors (Lipinski definition) is 5. The Bertz CT molecular complexity index is 663. The fourth-order valence-electron chi connectivity index (χ4n) is 3.13. The Kier molecular flexibility index (Phi) is 4.48. The van der Waals surface area contributed by atoms with Crippen molar-refractivity contribution in [2.45, 2.75) is 30.7 Å². The van der Waals surface area contributed by atoms with Crippen molar-refractivity contribution in [2.24, 2.45) is 5.73 Å². The quantitative estimate of drug-likeness (QED) is 0.444. The van der Waals surface area contributed by atoms with Gasteiger partial charge in [-0.15, -0.1) is 0 Å². The third-order valence-corrected chi connectivity index (χ3v) is 4.61. The Balaban J connectivity index is 1.76. The van der Waals surface area contributed by atoms with Gasteiger partial charge in [0.2, 0.25) is 5.91 Å². The van der Waals surface area contributed by atoms with Gasteiger partial charge in [0.25, 0.3) is 0 Å². The van der Waals surface area contributed by atoms with E-state index in [1.54, 1.807) is 12.1 Å². The first-order chi connectivity index (χ1) is 11.4. The predicted octanol–water partition coefficient (Wildman–Crippen LogP) is -1.09. The van der Waals surface area contributed by atoms with Crippen LogP contribution < -0.4 is 21.0 Å². The SMILES string of the molecule is NC1(C(=O)N[C@H]2Cc3cccc(C(=O)O)c3OB2O)CCNCC1. The van der Waals surface area contributed by atoms with Crippen molar-refractivity contribution in [3.63, 3.8) is 0 Å². The molecule has 8 nitrogen and oxygen atoms in total. The van der Waals surface area contributed by atoms with Crippen LogP contribution in [0.25, 0.3) is 0 Å². The van der Waals surface area contributed by atoms with E-state index in [1.807, 2.05) is 0 Å². The normalized spacial score (nSPS) is 22.2. The number of nitrogens with two attached hydrogens (primary N) is 1. The summed E-state index contributed by atoms with van der Waals surface area (Å²) in [6, 6.07) is 4.74. The highest BCUT2D eigenvalue weighted by Crippen LogP contribution is 2.30. The van der Waals surface area contributed by atoms with Crippen LogP contribution in [-0.2, 0) is 11.2 Å².